The van der Waals surface area contributed by atoms with E-state index in [2.05, 4.69) is 9.94 Å². The molecule has 1 aliphatic heterocycles. The zero-order valence-electron chi connectivity index (χ0n) is 16.7. The van der Waals surface area contributed by atoms with Crippen LogP contribution in [-0.2, 0) is 16.8 Å². The Balaban J connectivity index is 2.14. The summed E-state index contributed by atoms with van der Waals surface area (Å²) in [5.74, 6) is -0.647. The van der Waals surface area contributed by atoms with Gasteiger partial charge in [-0.15, -0.1) is 0 Å². The van der Waals surface area contributed by atoms with Gasteiger partial charge in [0.25, 0.3) is 0 Å². The monoisotopic (exact) mass is 440 g/mol. The Bertz CT molecular complexity index is 1020. The van der Waals surface area contributed by atoms with E-state index in [0.717, 1.165) is 15.6 Å². The molecule has 1 amide bonds. The highest BCUT2D eigenvalue weighted by atomic mass is 35.5. The molecule has 6 nitrogen and oxygen atoms in total. The minimum absolute atomic E-state index is 0.0113. The molecule has 30 heavy (non-hydrogen) atoms. The van der Waals surface area contributed by atoms with Crippen LogP contribution in [0.1, 0.15) is 26.5 Å². The quantitative estimate of drug-likeness (QED) is 0.610. The molecule has 0 N–H and O–H groups in total. The predicted molar refractivity (Wildman–Crippen MR) is 105 cm³/mol. The van der Waals surface area contributed by atoms with Crippen molar-refractivity contribution < 1.29 is 22.7 Å². The molecule has 0 atom stereocenters. The molecule has 0 aliphatic carbocycles. The van der Waals surface area contributed by atoms with E-state index in [1.165, 1.54) is 12.1 Å². The van der Waals surface area contributed by atoms with Crippen molar-refractivity contribution in [1.29, 1.82) is 0 Å². The van der Waals surface area contributed by atoms with Crippen molar-refractivity contribution in [3.8, 4) is 11.3 Å². The van der Waals surface area contributed by atoms with Gasteiger partial charge in [0.05, 0.1) is 36.1 Å². The molecule has 0 fully saturated rings. The number of halogens is 4. The van der Waals surface area contributed by atoms with Crippen LogP contribution in [-0.4, -0.2) is 46.3 Å². The van der Waals surface area contributed by atoms with Crippen molar-refractivity contribution in [2.75, 3.05) is 19.9 Å². The third kappa shape index (κ3) is 3.84. The second-order valence-corrected chi connectivity index (χ2v) is 8.53. The summed E-state index contributed by atoms with van der Waals surface area (Å²) in [6.07, 6.45) is -0.747. The number of benzene rings is 1. The van der Waals surface area contributed by atoms with Crippen molar-refractivity contribution in [2.45, 2.75) is 38.5 Å². The fraction of sp³-hybridized carbons (Fsp3) is 0.450. The molecule has 2 aromatic rings. The lowest BCUT2D eigenvalue weighted by Crippen LogP contribution is -2.56. The number of rotatable bonds is 3. The number of ether oxygens (including phenoxy) is 1. The van der Waals surface area contributed by atoms with Crippen LogP contribution in [0.2, 0.25) is 5.02 Å². The Morgan fingerprint density at radius 1 is 1.37 bits per heavy atom. The van der Waals surface area contributed by atoms with E-state index in [0.29, 0.717) is 5.56 Å². The van der Waals surface area contributed by atoms with Crippen molar-refractivity contribution in [3.05, 3.63) is 46.2 Å². The van der Waals surface area contributed by atoms with E-state index in [-0.39, 0.29) is 35.2 Å². The van der Waals surface area contributed by atoms with E-state index in [1.54, 1.807) is 20.8 Å². The van der Waals surface area contributed by atoms with Crippen LogP contribution in [0, 0.1) is 12.4 Å². The number of carbonyl (C=O) groups is 1. The molecular formula is C20H20ClF3N4O2. The van der Waals surface area contributed by atoms with Gasteiger partial charge in [-0.2, -0.15) is 5.10 Å². The van der Waals surface area contributed by atoms with Crippen molar-refractivity contribution >= 4 is 23.4 Å². The van der Waals surface area contributed by atoms with Gasteiger partial charge in [-0.05, 0) is 38.5 Å². The molecule has 1 aromatic carbocycles. The number of nitrogens with zero attached hydrogens (tertiary/aromatic N) is 4. The molecule has 1 aromatic heterocycles. The zero-order chi connectivity index (χ0) is 22.3. The number of hydrogen-bond acceptors (Lipinski definition) is 3. The molecule has 0 unspecified atom stereocenters. The normalized spacial score (nSPS) is 15.5. The lowest BCUT2D eigenvalue weighted by atomic mass is 9.99. The Hall–Kier alpha value is -2.73. The van der Waals surface area contributed by atoms with Crippen LogP contribution in [0.15, 0.2) is 18.2 Å². The first-order valence-corrected chi connectivity index (χ1v) is 9.48. The Kier molecular flexibility index (Phi) is 5.74. The smallest absolute Gasteiger partial charge is 0.410 e. The van der Waals surface area contributed by atoms with E-state index in [4.69, 9.17) is 22.9 Å². The summed E-state index contributed by atoms with van der Waals surface area (Å²) in [4.78, 5) is 17.2. The molecule has 0 saturated heterocycles. The van der Waals surface area contributed by atoms with Crippen LogP contribution >= 0.6 is 11.6 Å². The molecule has 0 spiro atoms. The maximum absolute atomic E-state index is 14.1. The van der Waals surface area contributed by atoms with E-state index in [1.807, 2.05) is 0 Å². The van der Waals surface area contributed by atoms with Crippen LogP contribution < -0.4 is 0 Å². The number of amides is 1. The average Bonchev–Trinajstić information content (AvgIpc) is 3.07. The van der Waals surface area contributed by atoms with Gasteiger partial charge in [0.15, 0.2) is 0 Å². The Morgan fingerprint density at radius 3 is 2.57 bits per heavy atom. The van der Waals surface area contributed by atoms with E-state index >= 15 is 0 Å². The molecular weight excluding hydrogens is 421 g/mol. The van der Waals surface area contributed by atoms with Crippen LogP contribution in [0.4, 0.5) is 23.7 Å². The molecule has 1 aliphatic rings. The van der Waals surface area contributed by atoms with Gasteiger partial charge in [0.2, 0.25) is 5.69 Å². The number of aromatic nitrogens is 2. The maximum atomic E-state index is 14.1. The van der Waals surface area contributed by atoms with Gasteiger partial charge in [0, 0.05) is 0 Å². The summed E-state index contributed by atoms with van der Waals surface area (Å²) in [5, 5.41) is 4.12. The lowest BCUT2D eigenvalue weighted by Gasteiger charge is -2.41. The summed E-state index contributed by atoms with van der Waals surface area (Å²) in [6.45, 7) is 9.89. The topological polar surface area (TPSA) is 51.7 Å². The maximum Gasteiger partial charge on any atom is 0.410 e. The first kappa shape index (κ1) is 22.0. The first-order chi connectivity index (χ1) is 14.0. The van der Waals surface area contributed by atoms with Gasteiger partial charge in [-0.1, -0.05) is 17.7 Å². The fourth-order valence-electron chi connectivity index (χ4n) is 3.28. The van der Waals surface area contributed by atoms with Crippen molar-refractivity contribution in [3.63, 3.8) is 0 Å². The Labute approximate surface area is 177 Å². The number of carbonyl (C=O) groups excluding carboxylic acids is 1. The minimum Gasteiger partial charge on any atom is -0.444 e. The highest BCUT2D eigenvalue weighted by Gasteiger charge is 2.45. The van der Waals surface area contributed by atoms with Crippen molar-refractivity contribution in [1.82, 2.24) is 14.7 Å². The molecule has 0 saturated carbocycles. The molecule has 2 heterocycles. The summed E-state index contributed by atoms with van der Waals surface area (Å²) in [5.41, 5.74) is -1.98. The third-order valence-corrected chi connectivity index (χ3v) is 4.97. The van der Waals surface area contributed by atoms with E-state index in [9.17, 15) is 18.0 Å². The van der Waals surface area contributed by atoms with E-state index < -0.39 is 36.4 Å². The molecule has 10 heteroatoms. The summed E-state index contributed by atoms with van der Waals surface area (Å²) >= 11 is 5.85. The van der Waals surface area contributed by atoms with Crippen molar-refractivity contribution in [2.24, 2.45) is 0 Å². The Morgan fingerprint density at radius 2 is 2.03 bits per heavy atom. The molecule has 160 valence electrons. The zero-order valence-corrected chi connectivity index (χ0v) is 17.4. The summed E-state index contributed by atoms with van der Waals surface area (Å²) in [7, 11) is 0. The van der Waals surface area contributed by atoms with Gasteiger partial charge >= 0.3 is 6.09 Å². The van der Waals surface area contributed by atoms with Gasteiger partial charge in [-0.25, -0.2) is 22.8 Å². The van der Waals surface area contributed by atoms with Crippen LogP contribution in [0.25, 0.3) is 16.1 Å². The highest BCUT2D eigenvalue weighted by Crippen LogP contribution is 2.41. The summed E-state index contributed by atoms with van der Waals surface area (Å²) < 4.78 is 48.3. The molecule has 0 bridgehead atoms. The van der Waals surface area contributed by atoms with Crippen LogP contribution in [0.5, 0.6) is 0 Å². The minimum atomic E-state index is -1.80. The first-order valence-electron chi connectivity index (χ1n) is 9.10. The molecule has 3 rings (SSSR count). The predicted octanol–water partition coefficient (Wildman–Crippen LogP) is 5.28. The average molecular weight is 441 g/mol. The lowest BCUT2D eigenvalue weighted by molar-refractivity contribution is -0.00344. The second-order valence-electron chi connectivity index (χ2n) is 8.12. The highest BCUT2D eigenvalue weighted by molar-refractivity contribution is 6.31. The van der Waals surface area contributed by atoms with Gasteiger partial charge in [0.1, 0.15) is 30.3 Å². The van der Waals surface area contributed by atoms with Crippen LogP contribution in [0.3, 0.4) is 0 Å². The largest absolute Gasteiger partial charge is 0.444 e. The van der Waals surface area contributed by atoms with Gasteiger partial charge < -0.3 is 9.64 Å². The third-order valence-electron chi connectivity index (χ3n) is 4.68. The fourth-order valence-corrected chi connectivity index (χ4v) is 3.46. The second kappa shape index (κ2) is 7.84. The number of alkyl halides is 2. The SMILES string of the molecule is [C-]#[N+]c1c(-c2ccc(F)c(Cl)c2)nn2c1CN(C(=O)OC(C)(C)C)CC2(CF)CF. The number of hydrogen-bond donors (Lipinski definition) is 0. The number of fused-ring (bicyclic) bond motifs is 1. The molecule has 0 radical (unpaired) electrons. The van der Waals surface area contributed by atoms with Gasteiger partial charge in [-0.3, -0.25) is 4.68 Å². The summed E-state index contributed by atoms with van der Waals surface area (Å²) in [6, 6.07) is 3.79. The standard InChI is InChI=1S/C20H20ClF3N4O2/c1-19(2,3)30-18(29)27-8-15-17(25-4)16(12-5-6-14(24)13(21)7-12)26-28(15)20(9-22,10-23)11-27/h5-7H,8-11H2,1-3H3.